The Morgan fingerprint density at radius 2 is 1.15 bits per heavy atom. The molecule has 33 heavy (non-hydrogen) atoms. The third-order valence-corrected chi connectivity index (χ3v) is 7.15. The lowest BCUT2D eigenvalue weighted by Gasteiger charge is -2.42. The number of unbranched alkanes of at least 4 members (excludes halogenated alkanes) is 2. The molecule has 2 rings (SSSR count). The highest BCUT2D eigenvalue weighted by atomic mass is 16.8. The van der Waals surface area contributed by atoms with Crippen LogP contribution < -0.4 is 0 Å². The van der Waals surface area contributed by atoms with Gasteiger partial charge in [-0.15, -0.1) is 0 Å². The van der Waals surface area contributed by atoms with Gasteiger partial charge in [-0.25, -0.2) is 0 Å². The van der Waals surface area contributed by atoms with Gasteiger partial charge in [0.25, 0.3) is 0 Å². The fraction of sp³-hybridized carbons (Fsp3) is 1.00. The fourth-order valence-electron chi connectivity index (χ4n) is 5.04. The van der Waals surface area contributed by atoms with Crippen molar-refractivity contribution in [1.82, 2.24) is 0 Å². The summed E-state index contributed by atoms with van der Waals surface area (Å²) >= 11 is 0. The molecule has 2 N–H and O–H groups in total. The smallest absolute Gasteiger partial charge is 0.195 e. The van der Waals surface area contributed by atoms with Crippen molar-refractivity contribution in [2.75, 3.05) is 13.2 Å². The summed E-state index contributed by atoms with van der Waals surface area (Å²) in [5.74, 6) is -1.81. The molecule has 2 fully saturated rings. The Balaban J connectivity index is 2.14. The minimum Gasteiger partial charge on any atom is -0.394 e. The molecule has 7 heteroatoms. The lowest BCUT2D eigenvalue weighted by Crippen LogP contribution is -2.53. The van der Waals surface area contributed by atoms with Gasteiger partial charge in [-0.1, -0.05) is 39.5 Å². The Morgan fingerprint density at radius 3 is 1.45 bits per heavy atom. The highest BCUT2D eigenvalue weighted by Crippen LogP contribution is 2.42. The van der Waals surface area contributed by atoms with Crippen molar-refractivity contribution < 1.29 is 33.9 Å². The Morgan fingerprint density at radius 1 is 0.758 bits per heavy atom. The first-order valence-corrected chi connectivity index (χ1v) is 13.3. The summed E-state index contributed by atoms with van der Waals surface area (Å²) < 4.78 is 32.1. The molecular formula is C26H50O7. The van der Waals surface area contributed by atoms with E-state index in [0.717, 1.165) is 51.4 Å². The van der Waals surface area contributed by atoms with Crippen LogP contribution >= 0.6 is 0 Å². The van der Waals surface area contributed by atoms with Crippen molar-refractivity contribution >= 4 is 0 Å². The van der Waals surface area contributed by atoms with Gasteiger partial charge in [0.2, 0.25) is 0 Å². The van der Waals surface area contributed by atoms with Crippen molar-refractivity contribution in [2.45, 2.75) is 154 Å². The molecular weight excluding hydrogens is 424 g/mol. The van der Waals surface area contributed by atoms with E-state index in [9.17, 15) is 10.2 Å². The van der Waals surface area contributed by atoms with E-state index >= 15 is 0 Å². The molecule has 0 aromatic heterocycles. The number of ether oxygens (including phenoxy) is 5. The molecule has 0 saturated carbocycles. The molecule has 196 valence electrons. The monoisotopic (exact) mass is 474 g/mol. The molecule has 2 saturated heterocycles. The average molecular weight is 475 g/mol. The minimum absolute atomic E-state index is 0.0278. The lowest BCUT2D eigenvalue weighted by atomic mass is 10.0. The zero-order chi connectivity index (χ0) is 24.5. The second-order valence-corrected chi connectivity index (χ2v) is 10.1. The van der Waals surface area contributed by atoms with E-state index < -0.39 is 11.6 Å². The molecule has 2 aliphatic rings. The average Bonchev–Trinajstić information content (AvgIpc) is 3.41. The SMILES string of the molecule is CCCCC(C)OC1(C(C)OC(C)C2(OC(C)CCCC)CCC(CO)O2)CCC(CO)O1. The summed E-state index contributed by atoms with van der Waals surface area (Å²) in [4.78, 5) is 0. The number of hydrogen-bond donors (Lipinski definition) is 2. The van der Waals surface area contributed by atoms with Crippen LogP contribution in [-0.4, -0.2) is 71.6 Å². The third kappa shape index (κ3) is 7.86. The van der Waals surface area contributed by atoms with Gasteiger partial charge in [0.05, 0.1) is 37.6 Å². The van der Waals surface area contributed by atoms with Gasteiger partial charge in [-0.3, -0.25) is 0 Å². The second kappa shape index (κ2) is 13.7. The summed E-state index contributed by atoms with van der Waals surface area (Å²) in [5, 5.41) is 19.4. The van der Waals surface area contributed by atoms with Crippen molar-refractivity contribution in [1.29, 1.82) is 0 Å². The fourth-order valence-corrected chi connectivity index (χ4v) is 5.04. The molecule has 2 aliphatic heterocycles. The highest BCUT2D eigenvalue weighted by molar-refractivity contribution is 4.92. The second-order valence-electron chi connectivity index (χ2n) is 10.1. The highest BCUT2D eigenvalue weighted by Gasteiger charge is 2.52. The van der Waals surface area contributed by atoms with Crippen LogP contribution in [0.4, 0.5) is 0 Å². The van der Waals surface area contributed by atoms with Crippen LogP contribution in [0.3, 0.4) is 0 Å². The molecule has 8 unspecified atom stereocenters. The van der Waals surface area contributed by atoms with Crippen LogP contribution in [0, 0.1) is 0 Å². The zero-order valence-electron chi connectivity index (χ0n) is 21.9. The predicted octanol–water partition coefficient (Wildman–Crippen LogP) is 4.71. The first-order valence-electron chi connectivity index (χ1n) is 13.3. The standard InChI is InChI=1S/C26H50O7/c1-7-9-11-19(3)30-25(15-13-23(17-27)32-25)21(5)29-22(6)26(16-14-24(18-28)33-26)31-20(4)12-10-8-2/h19-24,27-28H,7-18H2,1-6H3. The van der Waals surface area contributed by atoms with Crippen molar-refractivity contribution in [3.05, 3.63) is 0 Å². The number of aliphatic hydroxyl groups excluding tert-OH is 2. The molecule has 0 aliphatic carbocycles. The minimum atomic E-state index is -0.904. The topological polar surface area (TPSA) is 86.6 Å². The van der Waals surface area contributed by atoms with E-state index in [1.807, 2.05) is 13.8 Å². The Bertz CT molecular complexity index is 501. The molecule has 0 bridgehead atoms. The molecule has 2 heterocycles. The van der Waals surface area contributed by atoms with E-state index in [0.29, 0.717) is 12.8 Å². The van der Waals surface area contributed by atoms with Gasteiger partial charge in [-0.2, -0.15) is 0 Å². The van der Waals surface area contributed by atoms with Crippen LogP contribution in [0.1, 0.15) is 106 Å². The predicted molar refractivity (Wildman–Crippen MR) is 128 cm³/mol. The van der Waals surface area contributed by atoms with Gasteiger partial charge in [-0.05, 0) is 53.4 Å². The molecule has 7 nitrogen and oxygen atoms in total. The van der Waals surface area contributed by atoms with Crippen LogP contribution in [-0.2, 0) is 23.7 Å². The van der Waals surface area contributed by atoms with Gasteiger partial charge >= 0.3 is 0 Å². The first-order chi connectivity index (χ1) is 15.7. The van der Waals surface area contributed by atoms with Gasteiger partial charge in [0.1, 0.15) is 12.2 Å². The summed E-state index contributed by atoms with van der Waals surface area (Å²) in [6.07, 6.45) is 7.95. The first kappa shape index (κ1) is 29.0. The van der Waals surface area contributed by atoms with Gasteiger partial charge < -0.3 is 33.9 Å². The number of rotatable bonds is 16. The number of aliphatic hydroxyl groups is 2. The Labute approximate surface area is 201 Å². The molecule has 0 radical (unpaired) electrons. The third-order valence-electron chi connectivity index (χ3n) is 7.15. The summed E-state index contributed by atoms with van der Waals surface area (Å²) in [5.41, 5.74) is 0. The van der Waals surface area contributed by atoms with Crippen LogP contribution in [0.25, 0.3) is 0 Å². The van der Waals surface area contributed by atoms with E-state index in [4.69, 9.17) is 23.7 Å². The zero-order valence-corrected chi connectivity index (χ0v) is 21.9. The summed E-state index contributed by atoms with van der Waals surface area (Å²) in [6.45, 7) is 12.4. The summed E-state index contributed by atoms with van der Waals surface area (Å²) in [6, 6.07) is 0. The number of hydrogen-bond acceptors (Lipinski definition) is 7. The molecule has 0 amide bonds. The maximum Gasteiger partial charge on any atom is 0.195 e. The largest absolute Gasteiger partial charge is 0.394 e. The van der Waals surface area contributed by atoms with E-state index in [-0.39, 0.29) is 49.8 Å². The van der Waals surface area contributed by atoms with E-state index in [2.05, 4.69) is 27.7 Å². The lowest BCUT2D eigenvalue weighted by molar-refractivity contribution is -0.340. The van der Waals surface area contributed by atoms with Crippen molar-refractivity contribution in [3.8, 4) is 0 Å². The van der Waals surface area contributed by atoms with Crippen LogP contribution in [0.2, 0.25) is 0 Å². The van der Waals surface area contributed by atoms with Gasteiger partial charge in [0.15, 0.2) is 11.6 Å². The molecule has 0 aromatic carbocycles. The van der Waals surface area contributed by atoms with E-state index in [1.54, 1.807) is 0 Å². The normalized spacial score (nSPS) is 33.8. The Hall–Kier alpha value is -0.280. The quantitative estimate of drug-likeness (QED) is 0.335. The molecule has 0 aromatic rings. The van der Waals surface area contributed by atoms with E-state index in [1.165, 1.54) is 0 Å². The van der Waals surface area contributed by atoms with Crippen molar-refractivity contribution in [3.63, 3.8) is 0 Å². The molecule has 8 atom stereocenters. The van der Waals surface area contributed by atoms with Crippen LogP contribution in [0.5, 0.6) is 0 Å². The Kier molecular flexibility index (Phi) is 12.0. The maximum atomic E-state index is 9.69. The summed E-state index contributed by atoms with van der Waals surface area (Å²) in [7, 11) is 0. The maximum absolute atomic E-state index is 9.69. The van der Waals surface area contributed by atoms with Crippen molar-refractivity contribution in [2.24, 2.45) is 0 Å². The van der Waals surface area contributed by atoms with Gasteiger partial charge in [0, 0.05) is 12.8 Å². The molecule has 0 spiro atoms. The van der Waals surface area contributed by atoms with Crippen LogP contribution in [0.15, 0.2) is 0 Å².